The van der Waals surface area contributed by atoms with Gasteiger partial charge >= 0.3 is 0 Å². The van der Waals surface area contributed by atoms with Crippen LogP contribution in [0, 0.1) is 5.82 Å². The van der Waals surface area contributed by atoms with Crippen LogP contribution >= 0.6 is 0 Å². The number of rotatable bonds is 6. The Bertz CT molecular complexity index is 469. The second kappa shape index (κ2) is 7.00. The zero-order valence-corrected chi connectivity index (χ0v) is 12.5. The van der Waals surface area contributed by atoms with Gasteiger partial charge in [0, 0.05) is 19.4 Å². The molecule has 1 aliphatic rings. The van der Waals surface area contributed by atoms with Crippen LogP contribution in [0.5, 0.6) is 0 Å². The van der Waals surface area contributed by atoms with Crippen molar-refractivity contribution in [2.45, 2.75) is 38.4 Å². The summed E-state index contributed by atoms with van der Waals surface area (Å²) in [6.45, 7) is 5.56. The van der Waals surface area contributed by atoms with E-state index in [9.17, 15) is 9.18 Å². The quantitative estimate of drug-likeness (QED) is 0.877. The van der Waals surface area contributed by atoms with E-state index in [0.717, 1.165) is 5.56 Å². The summed E-state index contributed by atoms with van der Waals surface area (Å²) in [4.78, 5) is 11.9. The smallest absolute Gasteiger partial charge is 0.220 e. The molecule has 0 saturated carbocycles. The van der Waals surface area contributed by atoms with Gasteiger partial charge in [-0.3, -0.25) is 4.79 Å². The molecule has 5 heteroatoms. The fourth-order valence-electron chi connectivity index (χ4n) is 2.39. The molecule has 116 valence electrons. The molecule has 1 heterocycles. The monoisotopic (exact) mass is 295 g/mol. The molecule has 1 unspecified atom stereocenters. The van der Waals surface area contributed by atoms with Crippen LogP contribution in [0.1, 0.15) is 38.2 Å². The summed E-state index contributed by atoms with van der Waals surface area (Å²) in [6, 6.07) is 6.27. The Morgan fingerprint density at radius 2 is 1.95 bits per heavy atom. The number of nitrogens with one attached hydrogen (secondary N) is 1. The maximum absolute atomic E-state index is 12.9. The first-order valence-electron chi connectivity index (χ1n) is 7.29. The first-order chi connectivity index (χ1) is 9.98. The van der Waals surface area contributed by atoms with Gasteiger partial charge in [0.05, 0.1) is 13.2 Å². The second-order valence-corrected chi connectivity index (χ2v) is 5.59. The normalized spacial score (nSPS) is 18.4. The largest absolute Gasteiger partial charge is 0.356 e. The highest BCUT2D eigenvalue weighted by Gasteiger charge is 2.30. The lowest BCUT2D eigenvalue weighted by Gasteiger charge is -2.22. The first-order valence-corrected chi connectivity index (χ1v) is 7.29. The molecule has 0 spiro atoms. The lowest BCUT2D eigenvalue weighted by molar-refractivity contribution is -0.146. The fourth-order valence-corrected chi connectivity index (χ4v) is 2.39. The molecule has 1 aromatic rings. The van der Waals surface area contributed by atoms with Gasteiger partial charge in [-0.25, -0.2) is 4.39 Å². The van der Waals surface area contributed by atoms with Crippen LogP contribution in [-0.2, 0) is 14.3 Å². The van der Waals surface area contributed by atoms with Crippen molar-refractivity contribution in [1.29, 1.82) is 0 Å². The molecule has 0 aromatic heterocycles. The highest BCUT2D eigenvalue weighted by molar-refractivity contribution is 5.76. The third kappa shape index (κ3) is 4.79. The minimum atomic E-state index is -0.574. The number of benzene rings is 1. The third-order valence-electron chi connectivity index (χ3n) is 3.73. The molecule has 2 rings (SSSR count). The van der Waals surface area contributed by atoms with E-state index in [4.69, 9.17) is 9.47 Å². The van der Waals surface area contributed by atoms with Crippen molar-refractivity contribution < 1.29 is 18.7 Å². The molecule has 1 N–H and O–H groups in total. The Balaban J connectivity index is 1.72. The van der Waals surface area contributed by atoms with Gasteiger partial charge in [0.1, 0.15) is 5.82 Å². The second-order valence-electron chi connectivity index (χ2n) is 5.59. The van der Waals surface area contributed by atoms with E-state index in [2.05, 4.69) is 5.32 Å². The first kappa shape index (κ1) is 15.9. The third-order valence-corrected chi connectivity index (χ3v) is 3.73. The van der Waals surface area contributed by atoms with E-state index in [1.165, 1.54) is 12.1 Å². The molecule has 1 aliphatic heterocycles. The van der Waals surface area contributed by atoms with Crippen LogP contribution < -0.4 is 5.32 Å². The van der Waals surface area contributed by atoms with Crippen molar-refractivity contribution in [2.75, 3.05) is 19.8 Å². The van der Waals surface area contributed by atoms with Crippen LogP contribution in [0.15, 0.2) is 24.3 Å². The van der Waals surface area contributed by atoms with E-state index < -0.39 is 5.79 Å². The van der Waals surface area contributed by atoms with Gasteiger partial charge < -0.3 is 14.8 Å². The topological polar surface area (TPSA) is 47.6 Å². The van der Waals surface area contributed by atoms with E-state index in [1.807, 2.05) is 13.8 Å². The molecule has 0 radical (unpaired) electrons. The molecule has 0 aliphatic carbocycles. The Morgan fingerprint density at radius 1 is 1.33 bits per heavy atom. The molecule has 4 nitrogen and oxygen atoms in total. The maximum atomic E-state index is 12.9. The summed E-state index contributed by atoms with van der Waals surface area (Å²) in [5, 5.41) is 2.87. The Kier molecular flexibility index (Phi) is 5.31. The van der Waals surface area contributed by atoms with E-state index in [-0.39, 0.29) is 17.6 Å². The number of halogens is 1. The van der Waals surface area contributed by atoms with E-state index in [1.54, 1.807) is 12.1 Å². The number of ether oxygens (including phenoxy) is 2. The standard InChI is InChI=1S/C16H22FNO3/c1-12(13-3-5-14(17)6-4-13)11-15(19)18-8-7-16(2)20-9-10-21-16/h3-6,12H,7-11H2,1-2H3,(H,18,19). The van der Waals surface area contributed by atoms with Crippen molar-refractivity contribution >= 4 is 5.91 Å². The molecule has 1 atom stereocenters. The van der Waals surface area contributed by atoms with E-state index >= 15 is 0 Å². The molecule has 0 bridgehead atoms. The van der Waals surface area contributed by atoms with Crippen molar-refractivity contribution in [2.24, 2.45) is 0 Å². The van der Waals surface area contributed by atoms with Gasteiger partial charge in [0.25, 0.3) is 0 Å². The van der Waals surface area contributed by atoms with Crippen molar-refractivity contribution in [3.63, 3.8) is 0 Å². The maximum Gasteiger partial charge on any atom is 0.220 e. The molecule has 1 saturated heterocycles. The number of hydrogen-bond acceptors (Lipinski definition) is 3. The van der Waals surface area contributed by atoms with E-state index in [0.29, 0.717) is 32.6 Å². The predicted molar refractivity (Wildman–Crippen MR) is 77.4 cm³/mol. The minimum Gasteiger partial charge on any atom is -0.356 e. The predicted octanol–water partition coefficient (Wildman–Crippen LogP) is 2.59. The molecular weight excluding hydrogens is 273 g/mol. The Hall–Kier alpha value is -1.46. The molecule has 1 fully saturated rings. The minimum absolute atomic E-state index is 0.0200. The van der Waals surface area contributed by atoms with Crippen molar-refractivity contribution in [1.82, 2.24) is 5.32 Å². The van der Waals surface area contributed by atoms with Gasteiger partial charge in [0.2, 0.25) is 5.91 Å². The van der Waals surface area contributed by atoms with Crippen LogP contribution in [0.3, 0.4) is 0 Å². The number of carbonyl (C=O) groups excluding carboxylic acids is 1. The van der Waals surface area contributed by atoms with Crippen LogP contribution in [-0.4, -0.2) is 31.5 Å². The molecule has 21 heavy (non-hydrogen) atoms. The summed E-state index contributed by atoms with van der Waals surface area (Å²) in [7, 11) is 0. The van der Waals surface area contributed by atoms with Gasteiger partial charge in [-0.05, 0) is 30.5 Å². The van der Waals surface area contributed by atoms with Crippen molar-refractivity contribution in [3.05, 3.63) is 35.6 Å². The van der Waals surface area contributed by atoms with Crippen LogP contribution in [0.2, 0.25) is 0 Å². The number of carbonyl (C=O) groups is 1. The average molecular weight is 295 g/mol. The van der Waals surface area contributed by atoms with Gasteiger partial charge in [-0.1, -0.05) is 19.1 Å². The summed E-state index contributed by atoms with van der Waals surface area (Å²) in [6.07, 6.45) is 1.01. The Morgan fingerprint density at radius 3 is 2.57 bits per heavy atom. The zero-order chi connectivity index (χ0) is 15.3. The lowest BCUT2D eigenvalue weighted by atomic mass is 9.97. The van der Waals surface area contributed by atoms with Gasteiger partial charge in [0.15, 0.2) is 5.79 Å². The van der Waals surface area contributed by atoms with Crippen LogP contribution in [0.4, 0.5) is 4.39 Å². The number of amides is 1. The van der Waals surface area contributed by atoms with Crippen LogP contribution in [0.25, 0.3) is 0 Å². The summed E-state index contributed by atoms with van der Waals surface area (Å²) < 4.78 is 23.8. The average Bonchev–Trinajstić information content (AvgIpc) is 2.86. The zero-order valence-electron chi connectivity index (χ0n) is 12.5. The summed E-state index contributed by atoms with van der Waals surface area (Å²) in [5.41, 5.74) is 0.959. The van der Waals surface area contributed by atoms with Gasteiger partial charge in [-0.15, -0.1) is 0 Å². The van der Waals surface area contributed by atoms with Crippen molar-refractivity contribution in [3.8, 4) is 0 Å². The highest BCUT2D eigenvalue weighted by Crippen LogP contribution is 2.22. The Labute approximate surface area is 124 Å². The highest BCUT2D eigenvalue weighted by atomic mass is 19.1. The fraction of sp³-hybridized carbons (Fsp3) is 0.562. The molecular formula is C16H22FNO3. The molecule has 1 aromatic carbocycles. The lowest BCUT2D eigenvalue weighted by Crippen LogP contribution is -2.33. The number of hydrogen-bond donors (Lipinski definition) is 1. The summed E-state index contributed by atoms with van der Waals surface area (Å²) >= 11 is 0. The summed E-state index contributed by atoms with van der Waals surface area (Å²) in [5.74, 6) is -0.802. The SMILES string of the molecule is CC(CC(=O)NCCC1(C)OCCO1)c1ccc(F)cc1. The molecule has 1 amide bonds. The van der Waals surface area contributed by atoms with Gasteiger partial charge in [-0.2, -0.15) is 0 Å².